The van der Waals surface area contributed by atoms with Crippen molar-refractivity contribution >= 4 is 39.5 Å². The first-order valence-corrected chi connectivity index (χ1v) is 44.5. The second-order valence-corrected chi connectivity index (χ2v) is 31.0. The Kier molecular flexibility index (Phi) is 73.6. The van der Waals surface area contributed by atoms with Crippen molar-refractivity contribution < 1.29 is 80.2 Å². The molecule has 0 bridgehead atoms. The molecule has 0 aliphatic carbocycles. The summed E-state index contributed by atoms with van der Waals surface area (Å²) in [5, 5.41) is 10.7. The lowest BCUT2D eigenvalue weighted by Crippen LogP contribution is -2.30. The molecule has 0 saturated carbocycles. The Labute approximate surface area is 622 Å². The maximum absolute atomic E-state index is 13.1. The number of phosphoric ester groups is 2. The molecule has 596 valence electrons. The first kappa shape index (κ1) is 98.8. The van der Waals surface area contributed by atoms with E-state index in [9.17, 15) is 43.2 Å². The molecule has 19 heteroatoms. The van der Waals surface area contributed by atoms with E-state index in [-0.39, 0.29) is 25.7 Å². The molecule has 0 heterocycles. The smallest absolute Gasteiger partial charge is 0.462 e. The lowest BCUT2D eigenvalue weighted by molar-refractivity contribution is -0.161. The van der Waals surface area contributed by atoms with Crippen molar-refractivity contribution in [3.05, 3.63) is 60.8 Å². The first-order chi connectivity index (χ1) is 49.7. The number of hydrogen-bond donors (Lipinski definition) is 3. The van der Waals surface area contributed by atoms with Crippen molar-refractivity contribution in [2.24, 2.45) is 0 Å². The van der Waals surface area contributed by atoms with Crippen LogP contribution in [0.2, 0.25) is 0 Å². The molecule has 17 nitrogen and oxygen atoms in total. The van der Waals surface area contributed by atoms with Crippen LogP contribution in [-0.4, -0.2) is 96.7 Å². The number of aliphatic hydroxyl groups is 1. The summed E-state index contributed by atoms with van der Waals surface area (Å²) in [6.07, 6.45) is 76.1. The molecule has 0 fully saturated rings. The monoisotopic (exact) mass is 1480 g/mol. The number of hydrogen-bond acceptors (Lipinski definition) is 15. The minimum atomic E-state index is -4.98. The van der Waals surface area contributed by atoms with Crippen LogP contribution in [0.15, 0.2) is 60.8 Å². The fraction of sp³-hybridized carbons (Fsp3) is 0.831. The summed E-state index contributed by atoms with van der Waals surface area (Å²) >= 11 is 0. The van der Waals surface area contributed by atoms with E-state index in [4.69, 9.17) is 37.0 Å². The van der Waals surface area contributed by atoms with Crippen LogP contribution in [0.4, 0.5) is 0 Å². The van der Waals surface area contributed by atoms with E-state index in [1.165, 1.54) is 173 Å². The van der Waals surface area contributed by atoms with Crippen LogP contribution >= 0.6 is 15.6 Å². The summed E-state index contributed by atoms with van der Waals surface area (Å²) in [7, 11) is -9.95. The van der Waals surface area contributed by atoms with Crippen molar-refractivity contribution in [2.45, 2.75) is 406 Å². The van der Waals surface area contributed by atoms with Crippen molar-refractivity contribution in [3.63, 3.8) is 0 Å². The minimum absolute atomic E-state index is 0.0832. The van der Waals surface area contributed by atoms with Gasteiger partial charge in [-0.05, 0) is 89.9 Å². The zero-order valence-corrected chi connectivity index (χ0v) is 67.1. The predicted molar refractivity (Wildman–Crippen MR) is 418 cm³/mol. The van der Waals surface area contributed by atoms with Gasteiger partial charge >= 0.3 is 39.5 Å². The maximum Gasteiger partial charge on any atom is 0.472 e. The Morgan fingerprint density at radius 1 is 0.284 bits per heavy atom. The standard InChI is InChI=1S/C83H152O17P2/c1-5-9-13-17-21-25-29-33-37-38-42-44-48-52-56-60-64-68-81(86)94-74-79(100-83(88)70-66-62-58-54-50-46-41-36-32-28-24-20-16-12-8-4)76-98-102(91,92)96-72-77(84)71-95-101(89,90)97-75-78(99-82(87)69-65-61-57-53-49-45-40-35-31-27-23-19-15-11-7-3)73-93-80(85)67-63-59-55-51-47-43-39-34-30-26-22-18-14-10-6-2/h9,13,21,25,33,36-37,41-42,44,77-79,84H,5-8,10-12,14-20,22-24,26-32,34-35,38-40,43,45-76H2,1-4H3,(H,89,90)(H,91,92)/b13-9-,25-21-,37-33-,41-36-,44-42-. The molecular weight excluding hydrogens is 1330 g/mol. The van der Waals surface area contributed by atoms with Crippen LogP contribution < -0.4 is 0 Å². The molecule has 0 rings (SSSR count). The predicted octanol–water partition coefficient (Wildman–Crippen LogP) is 24.2. The van der Waals surface area contributed by atoms with Gasteiger partial charge < -0.3 is 33.8 Å². The van der Waals surface area contributed by atoms with Gasteiger partial charge in [0.1, 0.15) is 19.3 Å². The minimum Gasteiger partial charge on any atom is -0.462 e. The summed E-state index contributed by atoms with van der Waals surface area (Å²) < 4.78 is 68.7. The molecule has 5 atom stereocenters. The van der Waals surface area contributed by atoms with Gasteiger partial charge in [-0.3, -0.25) is 37.3 Å². The molecule has 0 aromatic carbocycles. The van der Waals surface area contributed by atoms with Gasteiger partial charge in [-0.15, -0.1) is 0 Å². The lowest BCUT2D eigenvalue weighted by atomic mass is 10.0. The summed E-state index contributed by atoms with van der Waals surface area (Å²) in [5.41, 5.74) is 0. The topological polar surface area (TPSA) is 237 Å². The van der Waals surface area contributed by atoms with Gasteiger partial charge in [-0.2, -0.15) is 0 Å². The SMILES string of the molecule is CC/C=C\C/C=C\C/C=C\C/C=C\CCCCCCC(=O)OCC(COP(=O)(O)OCC(O)COP(=O)(O)OCC(COC(=O)CCCCCCCCCCCCCCCCC)OC(=O)CCCCCCCCCCCCCCCCC)OC(=O)CCCCCCC/C=C\CCCCCCCC. The number of carbonyl (C=O) groups is 4. The Balaban J connectivity index is 5.34. The van der Waals surface area contributed by atoms with Crippen molar-refractivity contribution in [1.29, 1.82) is 0 Å². The van der Waals surface area contributed by atoms with Gasteiger partial charge in [-0.1, -0.05) is 332 Å². The molecule has 0 spiro atoms. The molecule has 102 heavy (non-hydrogen) atoms. The van der Waals surface area contributed by atoms with Crippen molar-refractivity contribution in [3.8, 4) is 0 Å². The molecular formula is C83H152O17P2. The Bertz CT molecular complexity index is 2170. The largest absolute Gasteiger partial charge is 0.472 e. The molecule has 0 radical (unpaired) electrons. The molecule has 0 aliphatic heterocycles. The van der Waals surface area contributed by atoms with Gasteiger partial charge in [0.2, 0.25) is 0 Å². The fourth-order valence-electron chi connectivity index (χ4n) is 11.7. The zero-order chi connectivity index (χ0) is 74.6. The van der Waals surface area contributed by atoms with Crippen LogP contribution in [0.25, 0.3) is 0 Å². The molecule has 5 unspecified atom stereocenters. The quantitative estimate of drug-likeness (QED) is 0.0169. The summed E-state index contributed by atoms with van der Waals surface area (Å²) in [5.74, 6) is -2.17. The van der Waals surface area contributed by atoms with E-state index in [1.54, 1.807) is 0 Å². The zero-order valence-electron chi connectivity index (χ0n) is 65.3. The van der Waals surface area contributed by atoms with Crippen molar-refractivity contribution in [2.75, 3.05) is 39.6 Å². The highest BCUT2D eigenvalue weighted by molar-refractivity contribution is 7.47. The normalized spacial score (nSPS) is 14.1. The van der Waals surface area contributed by atoms with Crippen LogP contribution in [0.1, 0.15) is 387 Å². The van der Waals surface area contributed by atoms with Gasteiger partial charge in [0.25, 0.3) is 0 Å². The highest BCUT2D eigenvalue weighted by Gasteiger charge is 2.30. The van der Waals surface area contributed by atoms with E-state index in [0.717, 1.165) is 135 Å². The fourth-order valence-corrected chi connectivity index (χ4v) is 13.3. The number of carbonyl (C=O) groups excluding carboxylic acids is 4. The Hall–Kier alpha value is -3.24. The van der Waals surface area contributed by atoms with Crippen LogP contribution in [0.5, 0.6) is 0 Å². The Morgan fingerprint density at radius 3 is 0.794 bits per heavy atom. The second kappa shape index (κ2) is 76.0. The number of esters is 4. The third-order valence-electron chi connectivity index (χ3n) is 18.0. The first-order valence-electron chi connectivity index (χ1n) is 41.5. The maximum atomic E-state index is 13.1. The number of unbranched alkanes of at least 4 members (excludes halogenated alkanes) is 43. The molecule has 0 aromatic heterocycles. The van der Waals surface area contributed by atoms with E-state index < -0.39 is 97.5 Å². The molecule has 3 N–H and O–H groups in total. The van der Waals surface area contributed by atoms with E-state index in [2.05, 4.69) is 88.5 Å². The number of phosphoric acid groups is 2. The van der Waals surface area contributed by atoms with Gasteiger partial charge in [0, 0.05) is 25.7 Å². The van der Waals surface area contributed by atoms with Crippen LogP contribution in [0.3, 0.4) is 0 Å². The number of ether oxygens (including phenoxy) is 4. The summed E-state index contributed by atoms with van der Waals surface area (Å²) in [4.78, 5) is 73.1. The average Bonchev–Trinajstić information content (AvgIpc) is 0.923. The third-order valence-corrected chi connectivity index (χ3v) is 19.9. The summed E-state index contributed by atoms with van der Waals surface area (Å²) in [6.45, 7) is 4.82. The highest BCUT2D eigenvalue weighted by atomic mass is 31.2. The average molecular weight is 1480 g/mol. The van der Waals surface area contributed by atoms with E-state index >= 15 is 0 Å². The van der Waals surface area contributed by atoms with Crippen molar-refractivity contribution in [1.82, 2.24) is 0 Å². The molecule has 0 amide bonds. The van der Waals surface area contributed by atoms with E-state index in [0.29, 0.717) is 25.7 Å². The van der Waals surface area contributed by atoms with E-state index in [1.807, 2.05) is 0 Å². The number of aliphatic hydroxyl groups excluding tert-OH is 1. The Morgan fingerprint density at radius 2 is 0.510 bits per heavy atom. The lowest BCUT2D eigenvalue weighted by Gasteiger charge is -2.21. The van der Waals surface area contributed by atoms with Crippen LogP contribution in [0, 0.1) is 0 Å². The molecule has 0 saturated heterocycles. The van der Waals surface area contributed by atoms with Gasteiger partial charge in [-0.25, -0.2) is 9.13 Å². The van der Waals surface area contributed by atoms with Gasteiger partial charge in [0.15, 0.2) is 12.2 Å². The second-order valence-electron chi connectivity index (χ2n) is 28.1. The third kappa shape index (κ3) is 75.0. The number of rotatable bonds is 79. The summed E-state index contributed by atoms with van der Waals surface area (Å²) in [6, 6.07) is 0. The number of allylic oxidation sites excluding steroid dienone is 10. The van der Waals surface area contributed by atoms with Crippen LogP contribution in [-0.2, 0) is 65.4 Å². The highest BCUT2D eigenvalue weighted by Crippen LogP contribution is 2.45. The molecule has 0 aromatic rings. The van der Waals surface area contributed by atoms with Gasteiger partial charge in [0.05, 0.1) is 26.4 Å². The molecule has 0 aliphatic rings.